The van der Waals surface area contributed by atoms with Crippen LogP contribution in [0, 0.1) is 34.0 Å². The lowest BCUT2D eigenvalue weighted by Gasteiger charge is -2.63. The maximum absolute atomic E-state index is 11.8. The zero-order chi connectivity index (χ0) is 23.9. The van der Waals surface area contributed by atoms with Crippen molar-refractivity contribution in [3.63, 3.8) is 0 Å². The molecule has 0 aliphatic heterocycles. The quantitative estimate of drug-likeness (QED) is 0.179. The van der Waals surface area contributed by atoms with E-state index in [-0.39, 0.29) is 16.8 Å². The first-order valence-corrected chi connectivity index (χ1v) is 12.9. The van der Waals surface area contributed by atoms with Crippen LogP contribution in [0.3, 0.4) is 0 Å². The number of guanidine groups is 1. The smallest absolute Gasteiger partial charge is 0.185 e. The van der Waals surface area contributed by atoms with E-state index in [1.165, 1.54) is 19.3 Å². The normalized spacial score (nSPS) is 45.2. The Balaban J connectivity index is 1.39. The standard InChI is InChI=1S/C26H44N4O3/c1-18(17-30-33-14-13-29-22(27)28)15-25(31)12-11-24(3)19(16-25)5-6-21-20(24)7-10-23(2)8-4-9-26(21,23)32/h15,17,19-21,31-32H,4-14,16H2,1-3H3,(H4,27,28,29)/t19-,20+,21-,23+,24+,25-,26+/m1/s1. The van der Waals surface area contributed by atoms with Gasteiger partial charge in [-0.3, -0.25) is 5.41 Å². The van der Waals surface area contributed by atoms with Crippen LogP contribution >= 0.6 is 0 Å². The molecule has 0 saturated heterocycles. The summed E-state index contributed by atoms with van der Waals surface area (Å²) in [5.41, 5.74) is 5.14. The highest BCUT2D eigenvalue weighted by atomic mass is 16.6. The Morgan fingerprint density at radius 1 is 1.12 bits per heavy atom. The van der Waals surface area contributed by atoms with Crippen molar-refractivity contribution in [3.05, 3.63) is 11.6 Å². The third-order valence-electron chi connectivity index (χ3n) is 10.1. The van der Waals surface area contributed by atoms with Crippen LogP contribution in [0.15, 0.2) is 16.8 Å². The summed E-state index contributed by atoms with van der Waals surface area (Å²) in [4.78, 5) is 5.20. The molecule has 0 bridgehead atoms. The van der Waals surface area contributed by atoms with Gasteiger partial charge in [0.25, 0.3) is 0 Å². The summed E-state index contributed by atoms with van der Waals surface area (Å²) >= 11 is 0. The van der Waals surface area contributed by atoms with Gasteiger partial charge >= 0.3 is 0 Å². The van der Waals surface area contributed by atoms with E-state index < -0.39 is 11.2 Å². The van der Waals surface area contributed by atoms with Gasteiger partial charge in [-0.2, -0.15) is 0 Å². The molecule has 4 rings (SSSR count). The molecule has 6 N–H and O–H groups in total. The fraction of sp³-hybridized carbons (Fsp3) is 0.846. The molecule has 4 saturated carbocycles. The number of aliphatic hydroxyl groups is 2. The summed E-state index contributed by atoms with van der Waals surface area (Å²) in [6.07, 6.45) is 14.1. The Bertz CT molecular complexity index is 815. The van der Waals surface area contributed by atoms with E-state index in [1.807, 2.05) is 13.0 Å². The van der Waals surface area contributed by atoms with Crippen LogP contribution in [0.2, 0.25) is 0 Å². The van der Waals surface area contributed by atoms with Crippen molar-refractivity contribution < 1.29 is 15.1 Å². The number of oxime groups is 1. The maximum atomic E-state index is 11.8. The molecule has 7 atom stereocenters. The van der Waals surface area contributed by atoms with Crippen LogP contribution in [0.5, 0.6) is 0 Å². The highest BCUT2D eigenvalue weighted by Crippen LogP contribution is 2.68. The summed E-state index contributed by atoms with van der Waals surface area (Å²) in [7, 11) is 0. The molecule has 7 heteroatoms. The first-order valence-electron chi connectivity index (χ1n) is 12.9. The summed E-state index contributed by atoms with van der Waals surface area (Å²) in [5, 5.41) is 37.1. The van der Waals surface area contributed by atoms with Gasteiger partial charge in [0, 0.05) is 0 Å². The predicted octanol–water partition coefficient (Wildman–Crippen LogP) is 3.70. The van der Waals surface area contributed by atoms with Crippen molar-refractivity contribution in [2.75, 3.05) is 13.2 Å². The molecule has 0 aromatic carbocycles. The fourth-order valence-electron chi connectivity index (χ4n) is 8.23. The topological polar surface area (TPSA) is 124 Å². The van der Waals surface area contributed by atoms with Crippen LogP contribution < -0.4 is 11.1 Å². The van der Waals surface area contributed by atoms with E-state index >= 15 is 0 Å². The van der Waals surface area contributed by atoms with Crippen LogP contribution in [0.1, 0.15) is 85.0 Å². The van der Waals surface area contributed by atoms with E-state index in [0.717, 1.165) is 50.5 Å². The molecule has 4 aliphatic rings. The molecular formula is C26H44N4O3. The van der Waals surface area contributed by atoms with Crippen LogP contribution in [0.25, 0.3) is 0 Å². The zero-order valence-electron chi connectivity index (χ0n) is 20.7. The molecule has 4 fully saturated rings. The second-order valence-corrected chi connectivity index (χ2v) is 12.0. The van der Waals surface area contributed by atoms with Crippen molar-refractivity contribution >= 4 is 12.2 Å². The second-order valence-electron chi connectivity index (χ2n) is 12.0. The number of rotatable bonds is 6. The molecular weight excluding hydrogens is 416 g/mol. The van der Waals surface area contributed by atoms with Crippen molar-refractivity contribution in [3.8, 4) is 0 Å². The highest BCUT2D eigenvalue weighted by Gasteiger charge is 2.65. The molecule has 33 heavy (non-hydrogen) atoms. The molecule has 0 radical (unpaired) electrons. The van der Waals surface area contributed by atoms with Gasteiger partial charge < -0.3 is 26.1 Å². The minimum Gasteiger partial charge on any atom is -0.394 e. The summed E-state index contributed by atoms with van der Waals surface area (Å²) in [6, 6.07) is 0. The number of nitrogens with zero attached hydrogens (tertiary/aromatic N) is 1. The van der Waals surface area contributed by atoms with Gasteiger partial charge in [-0.15, -0.1) is 0 Å². The predicted molar refractivity (Wildman–Crippen MR) is 131 cm³/mol. The Morgan fingerprint density at radius 3 is 2.67 bits per heavy atom. The number of allylic oxidation sites excluding steroid dienone is 1. The Morgan fingerprint density at radius 2 is 1.91 bits per heavy atom. The van der Waals surface area contributed by atoms with Gasteiger partial charge in [0.2, 0.25) is 0 Å². The van der Waals surface area contributed by atoms with E-state index in [2.05, 4.69) is 24.3 Å². The van der Waals surface area contributed by atoms with E-state index in [0.29, 0.717) is 30.9 Å². The van der Waals surface area contributed by atoms with Gasteiger partial charge in [0.1, 0.15) is 6.61 Å². The van der Waals surface area contributed by atoms with Crippen LogP contribution in [-0.2, 0) is 4.84 Å². The van der Waals surface area contributed by atoms with Crippen molar-refractivity contribution in [1.29, 1.82) is 5.41 Å². The molecule has 186 valence electrons. The second kappa shape index (κ2) is 8.88. The lowest BCUT2D eigenvalue weighted by atomic mass is 9.43. The Kier molecular flexibility index (Phi) is 6.60. The summed E-state index contributed by atoms with van der Waals surface area (Å²) < 4.78 is 0. The summed E-state index contributed by atoms with van der Waals surface area (Å²) in [5.74, 6) is 1.39. The van der Waals surface area contributed by atoms with Crippen molar-refractivity contribution in [2.24, 2.45) is 39.5 Å². The number of nitrogens with two attached hydrogens (primary N) is 1. The van der Waals surface area contributed by atoms with Gasteiger partial charge in [-0.1, -0.05) is 19.0 Å². The third kappa shape index (κ3) is 4.43. The molecule has 4 aliphatic carbocycles. The first-order chi connectivity index (χ1) is 15.5. The maximum Gasteiger partial charge on any atom is 0.185 e. The minimum absolute atomic E-state index is 0.0844. The van der Waals surface area contributed by atoms with E-state index in [9.17, 15) is 10.2 Å². The number of hydrogen-bond donors (Lipinski definition) is 5. The van der Waals surface area contributed by atoms with Gasteiger partial charge in [0.05, 0.1) is 24.0 Å². The fourth-order valence-corrected chi connectivity index (χ4v) is 8.23. The van der Waals surface area contributed by atoms with Gasteiger partial charge in [-0.25, -0.2) is 0 Å². The van der Waals surface area contributed by atoms with Crippen LogP contribution in [-0.4, -0.2) is 46.7 Å². The Hall–Kier alpha value is -1.60. The number of fused-ring (bicyclic) bond motifs is 5. The molecule has 0 amide bonds. The summed E-state index contributed by atoms with van der Waals surface area (Å²) in [6.45, 7) is 7.48. The molecule has 0 aromatic rings. The number of nitrogens with one attached hydrogen (secondary N) is 2. The minimum atomic E-state index is -0.809. The van der Waals surface area contributed by atoms with E-state index in [1.54, 1.807) is 6.21 Å². The molecule has 0 spiro atoms. The largest absolute Gasteiger partial charge is 0.394 e. The van der Waals surface area contributed by atoms with E-state index in [4.69, 9.17) is 16.0 Å². The first kappa shape index (κ1) is 24.5. The lowest BCUT2D eigenvalue weighted by molar-refractivity contribution is -0.206. The lowest BCUT2D eigenvalue weighted by Crippen LogP contribution is -2.61. The average molecular weight is 461 g/mol. The van der Waals surface area contributed by atoms with Crippen molar-refractivity contribution in [1.82, 2.24) is 5.32 Å². The molecule has 0 unspecified atom stereocenters. The zero-order valence-corrected chi connectivity index (χ0v) is 20.7. The molecule has 7 nitrogen and oxygen atoms in total. The Labute approximate surface area is 198 Å². The van der Waals surface area contributed by atoms with Gasteiger partial charge in [-0.05, 0) is 111 Å². The number of hydrogen-bond acceptors (Lipinski definition) is 5. The highest BCUT2D eigenvalue weighted by molar-refractivity contribution is 5.77. The van der Waals surface area contributed by atoms with Gasteiger partial charge in [0.15, 0.2) is 5.96 Å². The third-order valence-corrected chi connectivity index (χ3v) is 10.1. The average Bonchev–Trinajstić information content (AvgIpc) is 3.06. The van der Waals surface area contributed by atoms with Crippen LogP contribution in [0.4, 0.5) is 0 Å². The molecule has 0 heterocycles. The monoisotopic (exact) mass is 460 g/mol. The van der Waals surface area contributed by atoms with Crippen molar-refractivity contribution in [2.45, 2.75) is 96.2 Å². The molecule has 0 aromatic heterocycles. The SMILES string of the molecule is CC(C=NOCCNC(=N)N)=C[C@]1(O)CC[C@@]2(C)[C@H](CC[C@@H]3[C@@H]2CC[C@]2(C)CCC[C@]32O)C1.